The molecule has 6 heteroatoms. The van der Waals surface area contributed by atoms with Crippen molar-refractivity contribution in [1.29, 1.82) is 0 Å². The number of carboxylic acids is 1. The van der Waals surface area contributed by atoms with E-state index in [1.807, 2.05) is 4.90 Å². The molecule has 0 saturated carbocycles. The number of aryl methyl sites for hydroxylation is 1. The number of aromatic nitrogens is 1. The smallest absolute Gasteiger partial charge is 0.337 e. The minimum atomic E-state index is -0.980. The average molecular weight is 291 g/mol. The van der Waals surface area contributed by atoms with Gasteiger partial charge in [-0.3, -0.25) is 4.79 Å². The molecule has 2 N–H and O–H groups in total. The van der Waals surface area contributed by atoms with Crippen molar-refractivity contribution in [1.82, 2.24) is 9.88 Å². The third kappa shape index (κ3) is 4.18. The highest BCUT2D eigenvalue weighted by Crippen LogP contribution is 2.12. The first-order valence-electron chi connectivity index (χ1n) is 7.30. The summed E-state index contributed by atoms with van der Waals surface area (Å²) in [6.07, 6.45) is 3.83. The summed E-state index contributed by atoms with van der Waals surface area (Å²) in [4.78, 5) is 29.0. The van der Waals surface area contributed by atoms with E-state index in [1.165, 1.54) is 12.5 Å². The van der Waals surface area contributed by atoms with Gasteiger partial charge in [0.25, 0.3) is 0 Å². The Kier molecular flexibility index (Phi) is 5.14. The monoisotopic (exact) mass is 291 g/mol. The van der Waals surface area contributed by atoms with Gasteiger partial charge in [-0.1, -0.05) is 0 Å². The quantitative estimate of drug-likeness (QED) is 0.866. The van der Waals surface area contributed by atoms with E-state index in [-0.39, 0.29) is 11.5 Å². The number of carbonyl (C=O) groups excluding carboxylic acids is 1. The molecule has 0 unspecified atom stereocenters. The molecule has 114 valence electrons. The Bertz CT molecular complexity index is 525. The van der Waals surface area contributed by atoms with Crippen molar-refractivity contribution in [2.45, 2.75) is 32.6 Å². The van der Waals surface area contributed by atoms with Gasteiger partial charge in [0.2, 0.25) is 5.91 Å². The molecule has 21 heavy (non-hydrogen) atoms. The number of pyridine rings is 1. The predicted molar refractivity (Wildman–Crippen MR) is 79.5 cm³/mol. The van der Waals surface area contributed by atoms with E-state index in [4.69, 9.17) is 5.11 Å². The van der Waals surface area contributed by atoms with Gasteiger partial charge in [-0.2, -0.15) is 0 Å². The lowest BCUT2D eigenvalue weighted by molar-refractivity contribution is -0.131. The van der Waals surface area contributed by atoms with Crippen molar-refractivity contribution >= 4 is 17.7 Å². The number of carboxylic acid groups (broad SMARTS) is 1. The van der Waals surface area contributed by atoms with Crippen LogP contribution >= 0.6 is 0 Å². The fourth-order valence-electron chi connectivity index (χ4n) is 2.48. The van der Waals surface area contributed by atoms with Gasteiger partial charge >= 0.3 is 5.97 Å². The van der Waals surface area contributed by atoms with Gasteiger partial charge in [-0.25, -0.2) is 9.78 Å². The van der Waals surface area contributed by atoms with Crippen molar-refractivity contribution in [3.8, 4) is 0 Å². The van der Waals surface area contributed by atoms with Crippen LogP contribution in [0.2, 0.25) is 0 Å². The zero-order valence-electron chi connectivity index (χ0n) is 12.3. The van der Waals surface area contributed by atoms with Crippen LogP contribution in [-0.4, -0.2) is 46.5 Å². The van der Waals surface area contributed by atoms with Crippen LogP contribution in [0, 0.1) is 6.92 Å². The minimum Gasteiger partial charge on any atom is -0.478 e. The lowest BCUT2D eigenvalue weighted by Gasteiger charge is -2.26. The van der Waals surface area contributed by atoms with Gasteiger partial charge < -0.3 is 15.3 Å². The van der Waals surface area contributed by atoms with Gasteiger partial charge in [-0.15, -0.1) is 0 Å². The van der Waals surface area contributed by atoms with E-state index in [0.717, 1.165) is 25.9 Å². The summed E-state index contributed by atoms with van der Waals surface area (Å²) in [5.41, 5.74) is 0.666. The number of anilines is 1. The largest absolute Gasteiger partial charge is 0.478 e. The number of nitrogens with zero attached hydrogens (tertiary/aromatic N) is 2. The highest BCUT2D eigenvalue weighted by molar-refractivity contribution is 5.89. The zero-order chi connectivity index (χ0) is 15.2. The lowest BCUT2D eigenvalue weighted by atomic mass is 10.1. The van der Waals surface area contributed by atoms with Crippen molar-refractivity contribution < 1.29 is 14.7 Å². The van der Waals surface area contributed by atoms with Crippen LogP contribution in [-0.2, 0) is 4.79 Å². The molecule has 0 aromatic carbocycles. The summed E-state index contributed by atoms with van der Waals surface area (Å²) in [7, 11) is 0. The lowest BCUT2D eigenvalue weighted by Crippen LogP contribution is -2.36. The molecule has 1 aromatic heterocycles. The molecule has 0 aliphatic carbocycles. The Hall–Kier alpha value is -2.11. The Balaban J connectivity index is 1.81. The molecule has 0 atom stereocenters. The summed E-state index contributed by atoms with van der Waals surface area (Å²) in [6.45, 7) is 3.90. The van der Waals surface area contributed by atoms with Crippen LogP contribution in [0.4, 0.5) is 5.82 Å². The number of carbonyl (C=O) groups is 2. The predicted octanol–water partition coefficient (Wildman–Crippen LogP) is 1.90. The van der Waals surface area contributed by atoms with Gasteiger partial charge in [-0.05, 0) is 38.3 Å². The SMILES string of the molecule is Cc1nc(NCCC(=O)N2CCCCC2)ccc1C(=O)O. The Morgan fingerprint density at radius 3 is 2.62 bits per heavy atom. The molecule has 1 fully saturated rings. The molecule has 0 radical (unpaired) electrons. The zero-order valence-corrected chi connectivity index (χ0v) is 12.3. The van der Waals surface area contributed by atoms with E-state index in [0.29, 0.717) is 24.5 Å². The van der Waals surface area contributed by atoms with Crippen LogP contribution in [0.25, 0.3) is 0 Å². The van der Waals surface area contributed by atoms with Crippen LogP contribution in [0.5, 0.6) is 0 Å². The third-order valence-corrected chi connectivity index (χ3v) is 3.67. The number of hydrogen-bond acceptors (Lipinski definition) is 4. The molecule has 0 bridgehead atoms. The standard InChI is InChI=1S/C15H21N3O3/c1-11-12(15(20)21)5-6-13(17-11)16-8-7-14(19)18-9-3-2-4-10-18/h5-6H,2-4,7-10H2,1H3,(H,16,17)(H,20,21). The minimum absolute atomic E-state index is 0.168. The van der Waals surface area contributed by atoms with Gasteiger partial charge in [0.15, 0.2) is 0 Å². The molecule has 6 nitrogen and oxygen atoms in total. The van der Waals surface area contributed by atoms with E-state index < -0.39 is 5.97 Å². The molecule has 2 heterocycles. The normalized spacial score (nSPS) is 14.8. The Morgan fingerprint density at radius 2 is 2.00 bits per heavy atom. The third-order valence-electron chi connectivity index (χ3n) is 3.67. The summed E-state index contributed by atoms with van der Waals surface area (Å²) >= 11 is 0. The molecule has 2 rings (SSSR count). The fourth-order valence-corrected chi connectivity index (χ4v) is 2.48. The fraction of sp³-hybridized carbons (Fsp3) is 0.533. The van der Waals surface area contributed by atoms with Crippen LogP contribution in [0.15, 0.2) is 12.1 Å². The maximum Gasteiger partial charge on any atom is 0.337 e. The van der Waals surface area contributed by atoms with Gasteiger partial charge in [0, 0.05) is 26.1 Å². The van der Waals surface area contributed by atoms with E-state index in [2.05, 4.69) is 10.3 Å². The van der Waals surface area contributed by atoms with Gasteiger partial charge in [0.05, 0.1) is 11.3 Å². The van der Waals surface area contributed by atoms with E-state index in [1.54, 1.807) is 13.0 Å². The first kappa shape index (κ1) is 15.3. The topological polar surface area (TPSA) is 82.5 Å². The number of piperidine rings is 1. The maximum atomic E-state index is 12.0. The highest BCUT2D eigenvalue weighted by Gasteiger charge is 2.15. The molecule has 1 saturated heterocycles. The first-order chi connectivity index (χ1) is 10.1. The van der Waals surface area contributed by atoms with Crippen molar-refractivity contribution in [3.05, 3.63) is 23.4 Å². The van der Waals surface area contributed by atoms with Crippen molar-refractivity contribution in [2.24, 2.45) is 0 Å². The van der Waals surface area contributed by atoms with Crippen LogP contribution in [0.1, 0.15) is 41.7 Å². The Labute approximate surface area is 124 Å². The summed E-state index contributed by atoms with van der Waals surface area (Å²) in [6, 6.07) is 3.15. The number of hydrogen-bond donors (Lipinski definition) is 2. The van der Waals surface area contributed by atoms with Crippen molar-refractivity contribution in [2.75, 3.05) is 25.0 Å². The molecule has 1 aliphatic rings. The molecule has 1 amide bonds. The summed E-state index contributed by atoms with van der Waals surface area (Å²) in [5, 5.41) is 12.0. The summed E-state index contributed by atoms with van der Waals surface area (Å²) < 4.78 is 0. The number of nitrogens with one attached hydrogen (secondary N) is 1. The maximum absolute atomic E-state index is 12.0. The number of aromatic carboxylic acids is 1. The molecule has 1 aliphatic heterocycles. The van der Waals surface area contributed by atoms with E-state index in [9.17, 15) is 9.59 Å². The molecular weight excluding hydrogens is 270 g/mol. The molecule has 0 spiro atoms. The number of rotatable bonds is 5. The second kappa shape index (κ2) is 7.06. The summed E-state index contributed by atoms with van der Waals surface area (Å²) in [5.74, 6) is -0.211. The van der Waals surface area contributed by atoms with E-state index >= 15 is 0 Å². The van der Waals surface area contributed by atoms with Crippen LogP contribution in [0.3, 0.4) is 0 Å². The molecule has 1 aromatic rings. The second-order valence-electron chi connectivity index (χ2n) is 5.25. The number of amides is 1. The highest BCUT2D eigenvalue weighted by atomic mass is 16.4. The first-order valence-corrected chi connectivity index (χ1v) is 7.30. The van der Waals surface area contributed by atoms with Crippen LogP contribution < -0.4 is 5.32 Å². The average Bonchev–Trinajstić information content (AvgIpc) is 2.47. The van der Waals surface area contributed by atoms with Gasteiger partial charge in [0.1, 0.15) is 5.82 Å². The second-order valence-corrected chi connectivity index (χ2v) is 5.25. The Morgan fingerprint density at radius 1 is 1.29 bits per heavy atom. The van der Waals surface area contributed by atoms with Crippen molar-refractivity contribution in [3.63, 3.8) is 0 Å². The molecular formula is C15H21N3O3. The number of likely N-dealkylation sites (tertiary alicyclic amines) is 1.